The van der Waals surface area contributed by atoms with E-state index < -0.39 is 0 Å². The number of allylic oxidation sites excluding steroid dienone is 2. The van der Waals surface area contributed by atoms with Crippen molar-refractivity contribution in [1.29, 1.82) is 0 Å². The summed E-state index contributed by atoms with van der Waals surface area (Å²) in [5.41, 5.74) is 0. The average molecular weight is 335 g/mol. The Balaban J connectivity index is 1.75. The second-order valence-electron chi connectivity index (χ2n) is 7.41. The van der Waals surface area contributed by atoms with Crippen LogP contribution in [0.25, 0.3) is 0 Å². The van der Waals surface area contributed by atoms with Gasteiger partial charge in [0.15, 0.2) is 0 Å². The summed E-state index contributed by atoms with van der Waals surface area (Å²) in [6.45, 7) is 4.42. The monoisotopic (exact) mass is 334 g/mol. The van der Waals surface area contributed by atoms with E-state index in [1.165, 1.54) is 102 Å². The van der Waals surface area contributed by atoms with E-state index in [0.717, 1.165) is 13.1 Å². The van der Waals surface area contributed by atoms with Gasteiger partial charge in [-0.25, -0.2) is 0 Å². The van der Waals surface area contributed by atoms with E-state index >= 15 is 0 Å². The average Bonchev–Trinajstić information content (AvgIpc) is 2.99. The largest absolute Gasteiger partial charge is 0.362 e. The maximum Gasteiger partial charge on any atom is 0.0987 e. The molecule has 0 aromatic carbocycles. The topological polar surface area (TPSA) is 15.6 Å². The van der Waals surface area contributed by atoms with Crippen LogP contribution in [0.3, 0.4) is 0 Å². The fourth-order valence-corrected chi connectivity index (χ4v) is 3.38. The third kappa shape index (κ3) is 11.7. The summed E-state index contributed by atoms with van der Waals surface area (Å²) in [7, 11) is 2.17. The fourth-order valence-electron chi connectivity index (χ4n) is 3.38. The Labute approximate surface area is 151 Å². The molecule has 0 bridgehead atoms. The minimum Gasteiger partial charge on any atom is -0.362 e. The normalized spacial score (nSPS) is 14.8. The number of amidine groups is 1. The van der Waals surface area contributed by atoms with Gasteiger partial charge in [-0.15, -0.1) is 0 Å². The first-order valence-electron chi connectivity index (χ1n) is 10.7. The molecule has 0 aliphatic carbocycles. The Morgan fingerprint density at radius 3 is 1.88 bits per heavy atom. The summed E-state index contributed by atoms with van der Waals surface area (Å²) in [6, 6.07) is 0. The maximum atomic E-state index is 4.56. The molecule has 0 fully saturated rings. The standard InChI is InChI=1S/C22H42N2/c1-3-4-5-6-7-8-9-10-11-12-13-14-15-16-17-18-19-22-23-20-21-24(22)2/h10-11H,3-9,12-21H2,1-2H3. The summed E-state index contributed by atoms with van der Waals surface area (Å²) >= 11 is 0. The molecule has 0 aromatic heterocycles. The zero-order valence-corrected chi connectivity index (χ0v) is 16.6. The Morgan fingerprint density at radius 2 is 1.33 bits per heavy atom. The lowest BCUT2D eigenvalue weighted by atomic mass is 10.1. The van der Waals surface area contributed by atoms with Gasteiger partial charge in [-0.2, -0.15) is 0 Å². The highest BCUT2D eigenvalue weighted by Gasteiger charge is 2.10. The van der Waals surface area contributed by atoms with Crippen molar-refractivity contribution < 1.29 is 0 Å². The number of rotatable bonds is 16. The van der Waals surface area contributed by atoms with E-state index in [4.69, 9.17) is 0 Å². The first-order chi connectivity index (χ1) is 11.8. The van der Waals surface area contributed by atoms with Crippen molar-refractivity contribution in [2.24, 2.45) is 4.99 Å². The van der Waals surface area contributed by atoms with Gasteiger partial charge in [0.05, 0.1) is 12.4 Å². The van der Waals surface area contributed by atoms with Gasteiger partial charge in [-0.05, 0) is 32.1 Å². The Morgan fingerprint density at radius 1 is 0.792 bits per heavy atom. The van der Waals surface area contributed by atoms with Crippen molar-refractivity contribution in [3.8, 4) is 0 Å². The van der Waals surface area contributed by atoms with Crippen LogP contribution in [-0.2, 0) is 0 Å². The molecule has 0 spiro atoms. The number of hydrogen-bond donors (Lipinski definition) is 0. The van der Waals surface area contributed by atoms with Gasteiger partial charge in [0, 0.05) is 20.0 Å². The highest BCUT2D eigenvalue weighted by Crippen LogP contribution is 2.12. The van der Waals surface area contributed by atoms with Crippen LogP contribution >= 0.6 is 0 Å². The Hall–Kier alpha value is -0.790. The molecule has 2 heteroatoms. The first-order valence-corrected chi connectivity index (χ1v) is 10.7. The Bertz CT molecular complexity index is 333. The van der Waals surface area contributed by atoms with Gasteiger partial charge in [0.25, 0.3) is 0 Å². The van der Waals surface area contributed by atoms with Gasteiger partial charge in [-0.1, -0.05) is 76.9 Å². The molecule has 0 saturated carbocycles. The smallest absolute Gasteiger partial charge is 0.0987 e. The van der Waals surface area contributed by atoms with Crippen LogP contribution in [0.5, 0.6) is 0 Å². The van der Waals surface area contributed by atoms with Crippen molar-refractivity contribution in [2.45, 2.75) is 103 Å². The van der Waals surface area contributed by atoms with E-state index in [-0.39, 0.29) is 0 Å². The molecule has 0 amide bonds. The summed E-state index contributed by atoms with van der Waals surface area (Å²) in [6.07, 6.45) is 25.4. The molecular formula is C22H42N2. The van der Waals surface area contributed by atoms with Crippen molar-refractivity contribution in [2.75, 3.05) is 20.1 Å². The lowest BCUT2D eigenvalue weighted by Gasteiger charge is -2.13. The van der Waals surface area contributed by atoms with Crippen molar-refractivity contribution in [3.05, 3.63) is 12.2 Å². The molecule has 24 heavy (non-hydrogen) atoms. The van der Waals surface area contributed by atoms with E-state index in [1.54, 1.807) is 0 Å². The molecule has 0 N–H and O–H groups in total. The minimum atomic E-state index is 1.01. The number of hydrogen-bond acceptors (Lipinski definition) is 2. The molecule has 2 nitrogen and oxygen atoms in total. The van der Waals surface area contributed by atoms with Crippen LogP contribution in [0, 0.1) is 0 Å². The highest BCUT2D eigenvalue weighted by molar-refractivity contribution is 5.83. The van der Waals surface area contributed by atoms with Crippen LogP contribution in [-0.4, -0.2) is 30.9 Å². The number of unbranched alkanes of at least 4 members (excludes halogenated alkanes) is 12. The van der Waals surface area contributed by atoms with E-state index in [1.807, 2.05) is 0 Å². The van der Waals surface area contributed by atoms with Gasteiger partial charge in [0.1, 0.15) is 0 Å². The van der Waals surface area contributed by atoms with Crippen LogP contribution in [0.1, 0.15) is 103 Å². The van der Waals surface area contributed by atoms with Crippen LogP contribution < -0.4 is 0 Å². The van der Waals surface area contributed by atoms with E-state index in [9.17, 15) is 0 Å². The van der Waals surface area contributed by atoms with Gasteiger partial charge in [0.2, 0.25) is 0 Å². The van der Waals surface area contributed by atoms with E-state index in [2.05, 4.69) is 36.0 Å². The van der Waals surface area contributed by atoms with Crippen LogP contribution in [0.15, 0.2) is 17.1 Å². The Kier molecular flexibility index (Phi) is 13.9. The molecule has 0 atom stereocenters. The molecule has 0 saturated heterocycles. The van der Waals surface area contributed by atoms with Gasteiger partial charge in [-0.3, -0.25) is 4.99 Å². The summed E-state index contributed by atoms with van der Waals surface area (Å²) < 4.78 is 0. The van der Waals surface area contributed by atoms with Crippen molar-refractivity contribution in [1.82, 2.24) is 4.90 Å². The zero-order chi connectivity index (χ0) is 17.3. The quantitative estimate of drug-likeness (QED) is 0.225. The molecule has 140 valence electrons. The van der Waals surface area contributed by atoms with Crippen LogP contribution in [0.4, 0.5) is 0 Å². The molecule has 0 aromatic rings. The number of nitrogens with zero attached hydrogens (tertiary/aromatic N) is 2. The highest BCUT2D eigenvalue weighted by atomic mass is 15.2. The summed E-state index contributed by atoms with van der Waals surface area (Å²) in [4.78, 5) is 6.88. The lowest BCUT2D eigenvalue weighted by Crippen LogP contribution is -2.22. The zero-order valence-electron chi connectivity index (χ0n) is 16.6. The molecule has 0 unspecified atom stereocenters. The fraction of sp³-hybridized carbons (Fsp3) is 0.864. The van der Waals surface area contributed by atoms with Crippen molar-refractivity contribution >= 4 is 5.84 Å². The second kappa shape index (κ2) is 15.7. The van der Waals surface area contributed by atoms with E-state index in [0.29, 0.717) is 0 Å². The minimum absolute atomic E-state index is 1.01. The number of likely N-dealkylation sites (N-methyl/N-ethyl adjacent to an activating group) is 1. The van der Waals surface area contributed by atoms with Crippen LogP contribution in [0.2, 0.25) is 0 Å². The molecule has 1 aliphatic heterocycles. The molecular weight excluding hydrogens is 292 g/mol. The SMILES string of the molecule is CCCCCCCCC=CCCCCCCCCC1=NCCN1C. The summed E-state index contributed by atoms with van der Waals surface area (Å²) in [5, 5.41) is 0. The maximum absolute atomic E-state index is 4.56. The molecule has 1 rings (SSSR count). The van der Waals surface area contributed by atoms with Crippen molar-refractivity contribution in [3.63, 3.8) is 0 Å². The lowest BCUT2D eigenvalue weighted by molar-refractivity contribution is 0.534. The second-order valence-corrected chi connectivity index (χ2v) is 7.41. The van der Waals surface area contributed by atoms with Gasteiger partial charge < -0.3 is 4.90 Å². The predicted octanol–water partition coefficient (Wildman–Crippen LogP) is 6.76. The molecule has 1 aliphatic rings. The molecule has 0 radical (unpaired) electrons. The number of aliphatic imine (C=N–C) groups is 1. The third-order valence-corrected chi connectivity index (χ3v) is 5.08. The third-order valence-electron chi connectivity index (χ3n) is 5.08. The summed E-state index contributed by atoms with van der Waals surface area (Å²) in [5.74, 6) is 1.34. The molecule has 1 heterocycles. The van der Waals surface area contributed by atoms with Gasteiger partial charge >= 0.3 is 0 Å². The predicted molar refractivity (Wildman–Crippen MR) is 109 cm³/mol. The first kappa shape index (κ1) is 21.3.